The standard InChI is InChI=1S/C54H38N4/c55-54(38-16-6-2-7-17-38)56-48(34-24-36-14-4-1-5-15-36)37-25-27-40(28-26-37)57-50-23-13-11-21-47(50)52-44-30-32-45-42(41(44)33-35-51(52)57)29-31-46-43-20-10-12-22-49(43)58(53(45)46)39-18-8-3-9-19-39/h1-23,25-35H,24H2,(H2,55,56)/b48-34-. The van der Waals surface area contributed by atoms with Crippen LogP contribution in [0.5, 0.6) is 0 Å². The topological polar surface area (TPSA) is 48.2 Å². The van der Waals surface area contributed by atoms with Crippen LogP contribution in [0.25, 0.3) is 82.2 Å². The lowest BCUT2D eigenvalue weighted by Gasteiger charge is -2.12. The number of para-hydroxylation sites is 3. The third-order valence-corrected chi connectivity index (χ3v) is 11.6. The highest BCUT2D eigenvalue weighted by Gasteiger charge is 2.19. The minimum atomic E-state index is 0.494. The monoisotopic (exact) mass is 742 g/mol. The highest BCUT2D eigenvalue weighted by molar-refractivity contribution is 6.29. The SMILES string of the molecule is NC(=N/C(=C\Cc1ccccc1)c1ccc(-n2c3ccccc3c3c4ccc5c(ccc6c7ccccc7n(-c7ccccc7)c56)c4ccc32)cc1)c1ccccc1. The van der Waals surface area contributed by atoms with E-state index in [0.717, 1.165) is 34.6 Å². The van der Waals surface area contributed by atoms with E-state index in [1.807, 2.05) is 36.4 Å². The van der Waals surface area contributed by atoms with Gasteiger partial charge in [-0.1, -0.05) is 164 Å². The van der Waals surface area contributed by atoms with Crippen LogP contribution in [0, 0.1) is 0 Å². The van der Waals surface area contributed by atoms with Gasteiger partial charge in [-0.05, 0) is 70.6 Å². The molecule has 0 fully saturated rings. The Labute approximate surface area is 336 Å². The third-order valence-electron chi connectivity index (χ3n) is 11.6. The molecule has 2 heterocycles. The molecule has 0 amide bonds. The average Bonchev–Trinajstić information content (AvgIpc) is 3.82. The first-order valence-corrected chi connectivity index (χ1v) is 19.8. The van der Waals surface area contributed by atoms with E-state index in [9.17, 15) is 0 Å². The van der Waals surface area contributed by atoms with Crippen molar-refractivity contribution in [2.24, 2.45) is 10.7 Å². The number of rotatable bonds is 7. The van der Waals surface area contributed by atoms with Gasteiger partial charge in [0.15, 0.2) is 0 Å². The molecule has 0 aliphatic carbocycles. The van der Waals surface area contributed by atoms with E-state index in [4.69, 9.17) is 10.7 Å². The van der Waals surface area contributed by atoms with Crippen LogP contribution >= 0.6 is 0 Å². The first kappa shape index (κ1) is 33.6. The second-order valence-electron chi connectivity index (χ2n) is 14.9. The Bertz CT molecular complexity index is 3390. The molecule has 0 spiro atoms. The summed E-state index contributed by atoms with van der Waals surface area (Å²) in [6.07, 6.45) is 2.92. The molecule has 0 unspecified atom stereocenters. The maximum absolute atomic E-state index is 6.60. The number of benzene rings is 9. The van der Waals surface area contributed by atoms with Crippen molar-refractivity contribution in [2.75, 3.05) is 0 Å². The molecule has 11 aromatic rings. The molecule has 2 aromatic heterocycles. The second-order valence-corrected chi connectivity index (χ2v) is 14.9. The van der Waals surface area contributed by atoms with Crippen molar-refractivity contribution in [1.82, 2.24) is 9.13 Å². The van der Waals surface area contributed by atoms with Crippen molar-refractivity contribution in [3.8, 4) is 11.4 Å². The molecule has 0 aliphatic rings. The molecule has 4 heteroatoms. The van der Waals surface area contributed by atoms with E-state index >= 15 is 0 Å². The average molecular weight is 743 g/mol. The van der Waals surface area contributed by atoms with Crippen LogP contribution in [0.2, 0.25) is 0 Å². The van der Waals surface area contributed by atoms with Gasteiger partial charge in [-0.15, -0.1) is 0 Å². The summed E-state index contributed by atoms with van der Waals surface area (Å²) in [6, 6.07) is 71.3. The predicted molar refractivity (Wildman–Crippen MR) is 245 cm³/mol. The quantitative estimate of drug-likeness (QED) is 0.0986. The summed E-state index contributed by atoms with van der Waals surface area (Å²) in [4.78, 5) is 4.98. The van der Waals surface area contributed by atoms with Gasteiger partial charge in [-0.2, -0.15) is 0 Å². The Hall–Kier alpha value is -7.69. The smallest absolute Gasteiger partial charge is 0.131 e. The zero-order chi connectivity index (χ0) is 38.6. The lowest BCUT2D eigenvalue weighted by atomic mass is 9.96. The Morgan fingerprint density at radius 2 is 0.948 bits per heavy atom. The molecule has 274 valence electrons. The van der Waals surface area contributed by atoms with Crippen molar-refractivity contribution in [3.05, 3.63) is 223 Å². The van der Waals surface area contributed by atoms with Gasteiger partial charge in [0.05, 0.1) is 27.8 Å². The Morgan fingerprint density at radius 1 is 0.414 bits per heavy atom. The molecule has 0 radical (unpaired) electrons. The summed E-state index contributed by atoms with van der Waals surface area (Å²) in [5, 5.41) is 10.00. The summed E-state index contributed by atoms with van der Waals surface area (Å²) in [6.45, 7) is 0. The summed E-state index contributed by atoms with van der Waals surface area (Å²) in [7, 11) is 0. The molecule has 58 heavy (non-hydrogen) atoms. The summed E-state index contributed by atoms with van der Waals surface area (Å²) in [5.74, 6) is 0.494. The highest BCUT2D eigenvalue weighted by atomic mass is 15.0. The number of hydrogen-bond acceptors (Lipinski definition) is 1. The predicted octanol–water partition coefficient (Wildman–Crippen LogP) is 13.2. The van der Waals surface area contributed by atoms with Crippen molar-refractivity contribution in [3.63, 3.8) is 0 Å². The van der Waals surface area contributed by atoms with Gasteiger partial charge >= 0.3 is 0 Å². The number of aliphatic imine (C=N–C) groups is 1. The van der Waals surface area contributed by atoms with E-state index in [-0.39, 0.29) is 0 Å². The Balaban J connectivity index is 1.07. The Kier molecular flexibility index (Phi) is 8.00. The van der Waals surface area contributed by atoms with Gasteiger partial charge in [0, 0.05) is 49.4 Å². The minimum absolute atomic E-state index is 0.494. The van der Waals surface area contributed by atoms with Crippen LogP contribution in [-0.4, -0.2) is 15.0 Å². The van der Waals surface area contributed by atoms with Crippen LogP contribution in [0.1, 0.15) is 16.7 Å². The molecule has 0 saturated heterocycles. The van der Waals surface area contributed by atoms with Gasteiger partial charge in [0.25, 0.3) is 0 Å². The summed E-state index contributed by atoms with van der Waals surface area (Å²) < 4.78 is 4.82. The third kappa shape index (κ3) is 5.49. The molecule has 0 aliphatic heterocycles. The lowest BCUT2D eigenvalue weighted by Crippen LogP contribution is -2.13. The second kappa shape index (κ2) is 13.8. The number of fused-ring (bicyclic) bond motifs is 11. The molecule has 0 atom stereocenters. The molecule has 9 aromatic carbocycles. The fraction of sp³-hybridized carbons (Fsp3) is 0.0185. The number of aromatic nitrogens is 2. The molecule has 11 rings (SSSR count). The van der Waals surface area contributed by atoms with Crippen LogP contribution in [0.15, 0.2) is 211 Å². The van der Waals surface area contributed by atoms with Gasteiger partial charge in [-0.25, -0.2) is 4.99 Å². The molecule has 0 saturated carbocycles. The van der Waals surface area contributed by atoms with Crippen LogP contribution < -0.4 is 5.73 Å². The maximum atomic E-state index is 6.60. The zero-order valence-corrected chi connectivity index (χ0v) is 31.8. The number of allylic oxidation sites excluding steroid dienone is 1. The van der Waals surface area contributed by atoms with E-state index in [2.05, 4.69) is 179 Å². The van der Waals surface area contributed by atoms with E-state index in [1.54, 1.807) is 0 Å². The fourth-order valence-electron chi connectivity index (χ4n) is 8.91. The summed E-state index contributed by atoms with van der Waals surface area (Å²) in [5.41, 5.74) is 17.6. The van der Waals surface area contributed by atoms with Crippen molar-refractivity contribution >= 4 is 76.7 Å². The van der Waals surface area contributed by atoms with Crippen LogP contribution in [0.4, 0.5) is 0 Å². The van der Waals surface area contributed by atoms with Gasteiger partial charge < -0.3 is 14.9 Å². The first-order chi connectivity index (χ1) is 28.7. The molecular weight excluding hydrogens is 705 g/mol. The maximum Gasteiger partial charge on any atom is 0.131 e. The van der Waals surface area contributed by atoms with Gasteiger partial charge in [-0.3, -0.25) is 0 Å². The molecule has 4 nitrogen and oxygen atoms in total. The number of amidine groups is 1. The van der Waals surface area contributed by atoms with Gasteiger partial charge in [0.2, 0.25) is 0 Å². The molecule has 0 bridgehead atoms. The first-order valence-electron chi connectivity index (χ1n) is 19.8. The molecular formula is C54H38N4. The number of nitrogens with two attached hydrogens (primary N) is 1. The number of hydrogen-bond donors (Lipinski definition) is 1. The van der Waals surface area contributed by atoms with E-state index in [0.29, 0.717) is 5.84 Å². The lowest BCUT2D eigenvalue weighted by molar-refractivity contribution is 1.18. The highest BCUT2D eigenvalue weighted by Crippen LogP contribution is 2.42. The number of nitrogens with zero attached hydrogens (tertiary/aromatic N) is 3. The van der Waals surface area contributed by atoms with Crippen molar-refractivity contribution in [1.29, 1.82) is 0 Å². The van der Waals surface area contributed by atoms with E-state index in [1.165, 1.54) is 70.7 Å². The largest absolute Gasteiger partial charge is 0.383 e. The minimum Gasteiger partial charge on any atom is -0.383 e. The van der Waals surface area contributed by atoms with Crippen molar-refractivity contribution in [2.45, 2.75) is 6.42 Å². The summed E-state index contributed by atoms with van der Waals surface area (Å²) >= 11 is 0. The molecule has 2 N–H and O–H groups in total. The van der Waals surface area contributed by atoms with Gasteiger partial charge in [0.1, 0.15) is 5.84 Å². The van der Waals surface area contributed by atoms with Crippen LogP contribution in [-0.2, 0) is 6.42 Å². The van der Waals surface area contributed by atoms with E-state index < -0.39 is 0 Å². The van der Waals surface area contributed by atoms with Crippen molar-refractivity contribution < 1.29 is 0 Å². The normalized spacial score (nSPS) is 12.5. The fourth-order valence-corrected chi connectivity index (χ4v) is 8.91. The van der Waals surface area contributed by atoms with Crippen LogP contribution in [0.3, 0.4) is 0 Å². The zero-order valence-electron chi connectivity index (χ0n) is 31.8. The Morgan fingerprint density at radius 3 is 1.69 bits per heavy atom.